The molecule has 2 aromatic rings. The van der Waals surface area contributed by atoms with Crippen molar-refractivity contribution >= 4 is 22.4 Å². The Kier molecular flexibility index (Phi) is 9.86. The minimum absolute atomic E-state index is 0. The van der Waals surface area contributed by atoms with Gasteiger partial charge in [-0.2, -0.15) is 0 Å². The molecule has 2 rings (SSSR count). The van der Waals surface area contributed by atoms with E-state index in [1.807, 2.05) is 6.92 Å². The minimum Gasteiger partial charge on any atom is -0.493 e. The van der Waals surface area contributed by atoms with Gasteiger partial charge >= 0.3 is 0 Å². The number of primary sulfonamides is 1. The monoisotopic (exact) mass is 460 g/mol. The van der Waals surface area contributed by atoms with Gasteiger partial charge in [-0.3, -0.25) is 0 Å². The number of sulfonamides is 1. The van der Waals surface area contributed by atoms with E-state index in [1.54, 1.807) is 51.5 Å². The second kappa shape index (κ2) is 11.4. The van der Waals surface area contributed by atoms with Crippen LogP contribution >= 0.6 is 12.4 Å². The topological polar surface area (TPSA) is 120 Å². The Morgan fingerprint density at radius 3 is 2.40 bits per heavy atom. The van der Waals surface area contributed by atoms with Gasteiger partial charge in [0, 0.05) is 12.6 Å². The van der Waals surface area contributed by atoms with E-state index < -0.39 is 16.1 Å². The van der Waals surface area contributed by atoms with Gasteiger partial charge in [0.05, 0.1) is 25.2 Å². The van der Waals surface area contributed by atoms with Crippen LogP contribution in [0.4, 0.5) is 0 Å². The molecule has 0 amide bonds. The van der Waals surface area contributed by atoms with Crippen molar-refractivity contribution in [2.75, 3.05) is 27.4 Å². The number of benzene rings is 2. The lowest BCUT2D eigenvalue weighted by molar-refractivity contribution is 0.163. The number of nitrogens with two attached hydrogens (primary N) is 1. The number of methoxy groups -OCH3 is 2. The van der Waals surface area contributed by atoms with Gasteiger partial charge < -0.3 is 24.6 Å². The first-order valence-corrected chi connectivity index (χ1v) is 10.6. The Morgan fingerprint density at radius 1 is 1.13 bits per heavy atom. The number of aryl methyl sites for hydroxylation is 1. The average molecular weight is 461 g/mol. The number of nitrogens with one attached hydrogen (secondary N) is 1. The van der Waals surface area contributed by atoms with Crippen LogP contribution in [0.3, 0.4) is 0 Å². The van der Waals surface area contributed by atoms with Gasteiger partial charge in [-0.25, -0.2) is 13.6 Å². The van der Waals surface area contributed by atoms with Crippen molar-refractivity contribution in [1.29, 1.82) is 0 Å². The maximum Gasteiger partial charge on any atom is 0.238 e. The Balaban J connectivity index is 0.00000450. The molecule has 0 aliphatic carbocycles. The number of aliphatic hydroxyl groups excluding tert-OH is 1. The number of ether oxygens (including phenoxy) is 3. The van der Waals surface area contributed by atoms with E-state index >= 15 is 0 Å². The van der Waals surface area contributed by atoms with Gasteiger partial charge in [0.15, 0.2) is 11.5 Å². The summed E-state index contributed by atoms with van der Waals surface area (Å²) < 4.78 is 39.7. The van der Waals surface area contributed by atoms with E-state index in [2.05, 4.69) is 5.32 Å². The van der Waals surface area contributed by atoms with Crippen molar-refractivity contribution in [3.8, 4) is 17.2 Å². The van der Waals surface area contributed by atoms with Crippen molar-refractivity contribution in [2.45, 2.75) is 30.9 Å². The SMILES string of the molecule is COc1cccc(OCC(C)NCC(O)c2ccc(C)c(S(N)(=O)=O)c2)c1OC.Cl. The van der Waals surface area contributed by atoms with Crippen molar-refractivity contribution in [2.24, 2.45) is 5.14 Å². The summed E-state index contributed by atoms with van der Waals surface area (Å²) in [5, 5.41) is 18.8. The number of aliphatic hydroxyl groups is 1. The normalized spacial score (nSPS) is 13.1. The Labute approximate surface area is 183 Å². The number of hydrogen-bond acceptors (Lipinski definition) is 7. The standard InChI is InChI=1S/C20H28N2O6S.ClH/c1-13-8-9-15(10-19(13)29(21,24)25)16(23)11-22-14(2)12-28-18-7-5-6-17(26-3)20(18)27-4;/h5-10,14,16,22-23H,11-12H2,1-4H3,(H2,21,24,25);1H. The van der Waals surface area contributed by atoms with Crippen molar-refractivity contribution < 1.29 is 27.7 Å². The fourth-order valence-corrected chi connectivity index (χ4v) is 3.62. The van der Waals surface area contributed by atoms with Crippen LogP contribution in [0.25, 0.3) is 0 Å². The molecule has 0 saturated carbocycles. The molecule has 4 N–H and O–H groups in total. The molecule has 0 aliphatic heterocycles. The highest BCUT2D eigenvalue weighted by molar-refractivity contribution is 7.89. The third-order valence-electron chi connectivity index (χ3n) is 4.42. The zero-order valence-corrected chi connectivity index (χ0v) is 19.0. The highest BCUT2D eigenvalue weighted by Crippen LogP contribution is 2.36. The maximum absolute atomic E-state index is 11.7. The average Bonchev–Trinajstić information content (AvgIpc) is 2.69. The predicted molar refractivity (Wildman–Crippen MR) is 117 cm³/mol. The van der Waals surface area contributed by atoms with E-state index in [0.29, 0.717) is 35.0 Å². The van der Waals surface area contributed by atoms with Crippen molar-refractivity contribution in [1.82, 2.24) is 5.32 Å². The molecule has 0 spiro atoms. The summed E-state index contributed by atoms with van der Waals surface area (Å²) in [6.07, 6.45) is -0.898. The maximum atomic E-state index is 11.7. The molecule has 168 valence electrons. The first-order valence-electron chi connectivity index (χ1n) is 9.06. The number of rotatable bonds is 10. The molecule has 2 unspecified atom stereocenters. The molecule has 2 aromatic carbocycles. The lowest BCUT2D eigenvalue weighted by Gasteiger charge is -2.20. The minimum atomic E-state index is -3.85. The van der Waals surface area contributed by atoms with Gasteiger partial charge in [-0.05, 0) is 43.2 Å². The van der Waals surface area contributed by atoms with Gasteiger partial charge in [0.2, 0.25) is 15.8 Å². The van der Waals surface area contributed by atoms with Crippen LogP contribution in [0.2, 0.25) is 0 Å². The molecule has 0 saturated heterocycles. The molecule has 30 heavy (non-hydrogen) atoms. The molecule has 2 atom stereocenters. The molecule has 10 heteroatoms. The highest BCUT2D eigenvalue weighted by Gasteiger charge is 2.17. The smallest absolute Gasteiger partial charge is 0.238 e. The van der Waals surface area contributed by atoms with Gasteiger partial charge in [-0.1, -0.05) is 18.2 Å². The van der Waals surface area contributed by atoms with Crippen LogP contribution in [0.5, 0.6) is 17.2 Å². The predicted octanol–water partition coefficient (Wildman–Crippen LogP) is 2.17. The van der Waals surface area contributed by atoms with Crippen LogP contribution in [-0.2, 0) is 10.0 Å². The van der Waals surface area contributed by atoms with Crippen LogP contribution in [0.1, 0.15) is 24.2 Å². The summed E-state index contributed by atoms with van der Waals surface area (Å²) in [4.78, 5) is 0.00977. The molecule has 8 nitrogen and oxygen atoms in total. The van der Waals surface area contributed by atoms with Gasteiger partial charge in [-0.15, -0.1) is 12.4 Å². The molecule has 0 aromatic heterocycles. The molecule has 0 heterocycles. The third kappa shape index (κ3) is 6.75. The molecule has 0 fully saturated rings. The Morgan fingerprint density at radius 2 is 1.80 bits per heavy atom. The second-order valence-corrected chi connectivity index (χ2v) is 8.23. The van der Waals surface area contributed by atoms with E-state index in [1.165, 1.54) is 6.07 Å². The summed E-state index contributed by atoms with van der Waals surface area (Å²) in [6, 6.07) is 9.98. The van der Waals surface area contributed by atoms with E-state index in [4.69, 9.17) is 19.3 Å². The quantitative estimate of drug-likeness (QED) is 0.497. The third-order valence-corrected chi connectivity index (χ3v) is 5.47. The van der Waals surface area contributed by atoms with E-state index in [-0.39, 0.29) is 29.9 Å². The second-order valence-electron chi connectivity index (χ2n) is 6.70. The fourth-order valence-electron chi connectivity index (χ4n) is 2.81. The molecular weight excluding hydrogens is 432 g/mol. The van der Waals surface area contributed by atoms with Gasteiger partial charge in [0.1, 0.15) is 6.61 Å². The summed E-state index contributed by atoms with van der Waals surface area (Å²) in [6.45, 7) is 4.10. The summed E-state index contributed by atoms with van der Waals surface area (Å²) in [7, 11) is -0.749. The Bertz CT molecular complexity index is 939. The van der Waals surface area contributed by atoms with Crippen LogP contribution < -0.4 is 24.7 Å². The number of halogens is 1. The zero-order chi connectivity index (χ0) is 21.6. The fraction of sp³-hybridized carbons (Fsp3) is 0.400. The summed E-state index contributed by atoms with van der Waals surface area (Å²) in [5.41, 5.74) is 1.00. The lowest BCUT2D eigenvalue weighted by Crippen LogP contribution is -2.35. The number of para-hydroxylation sites is 1. The molecule has 0 radical (unpaired) electrons. The van der Waals surface area contributed by atoms with Gasteiger partial charge in [0.25, 0.3) is 0 Å². The van der Waals surface area contributed by atoms with Crippen LogP contribution in [0, 0.1) is 6.92 Å². The Hall–Kier alpha value is -2.04. The van der Waals surface area contributed by atoms with Crippen LogP contribution in [0.15, 0.2) is 41.3 Å². The highest BCUT2D eigenvalue weighted by atomic mass is 35.5. The van der Waals surface area contributed by atoms with Crippen molar-refractivity contribution in [3.63, 3.8) is 0 Å². The first kappa shape index (κ1) is 26.0. The largest absolute Gasteiger partial charge is 0.493 e. The van der Waals surface area contributed by atoms with Crippen LogP contribution in [-0.4, -0.2) is 46.9 Å². The number of hydrogen-bond donors (Lipinski definition) is 3. The summed E-state index contributed by atoms with van der Waals surface area (Å²) in [5.74, 6) is 1.64. The molecule has 0 aliphatic rings. The summed E-state index contributed by atoms with van der Waals surface area (Å²) >= 11 is 0. The van der Waals surface area contributed by atoms with E-state index in [0.717, 1.165) is 0 Å². The first-order chi connectivity index (χ1) is 13.7. The lowest BCUT2D eigenvalue weighted by atomic mass is 10.1. The van der Waals surface area contributed by atoms with E-state index in [9.17, 15) is 13.5 Å². The zero-order valence-electron chi connectivity index (χ0n) is 17.4. The molecule has 0 bridgehead atoms. The molecular formula is C20H29ClN2O6S. The van der Waals surface area contributed by atoms with Crippen molar-refractivity contribution in [3.05, 3.63) is 47.5 Å².